The predicted octanol–water partition coefficient (Wildman–Crippen LogP) is 8.05. The number of ether oxygens (including phenoxy) is 2. The fourth-order valence-electron chi connectivity index (χ4n) is 5.38. The topological polar surface area (TPSA) is 24.9 Å². The van der Waals surface area contributed by atoms with E-state index in [9.17, 15) is 13.2 Å². The van der Waals surface area contributed by atoms with E-state index >= 15 is 0 Å². The van der Waals surface area contributed by atoms with Crippen LogP contribution in [0.1, 0.15) is 47.2 Å². The zero-order chi connectivity index (χ0) is 28.1. The molecule has 2 aliphatic heterocycles. The number of rotatable bonds is 4. The van der Waals surface area contributed by atoms with Gasteiger partial charge in [-0.2, -0.15) is 13.2 Å². The molecule has 0 aromatic heterocycles. The third-order valence-corrected chi connectivity index (χ3v) is 8.00. The van der Waals surface area contributed by atoms with Gasteiger partial charge in [-0.1, -0.05) is 43.7 Å². The van der Waals surface area contributed by atoms with Crippen LogP contribution in [0.2, 0.25) is 0 Å². The lowest BCUT2D eigenvalue weighted by Crippen LogP contribution is -2.33. The van der Waals surface area contributed by atoms with Crippen molar-refractivity contribution >= 4 is 11.4 Å². The smallest absolute Gasteiger partial charge is 0.416 e. The highest BCUT2D eigenvalue weighted by molar-refractivity contribution is 5.55. The van der Waals surface area contributed by atoms with Gasteiger partial charge < -0.3 is 19.3 Å². The molecule has 0 bridgehead atoms. The summed E-state index contributed by atoms with van der Waals surface area (Å²) in [5.74, 6) is 1.71. The van der Waals surface area contributed by atoms with Gasteiger partial charge in [0.15, 0.2) is 13.5 Å². The van der Waals surface area contributed by atoms with Crippen molar-refractivity contribution in [2.75, 3.05) is 23.3 Å². The van der Waals surface area contributed by atoms with Crippen molar-refractivity contribution in [2.45, 2.75) is 45.5 Å². The first kappa shape index (κ1) is 26.1. The maximum atomic E-state index is 13.0. The molecule has 206 valence electrons. The first-order valence-corrected chi connectivity index (χ1v) is 13.3. The number of halogens is 3. The third-order valence-electron chi connectivity index (χ3n) is 8.00. The van der Waals surface area contributed by atoms with Gasteiger partial charge in [-0.15, -0.1) is 0 Å². The quantitative estimate of drug-likeness (QED) is 0.260. The van der Waals surface area contributed by atoms with Crippen molar-refractivity contribution in [3.05, 3.63) is 118 Å². The molecule has 2 heterocycles. The minimum atomic E-state index is -4.36. The molecule has 0 atom stereocenters. The van der Waals surface area contributed by atoms with Crippen molar-refractivity contribution < 1.29 is 22.6 Å². The van der Waals surface area contributed by atoms with Gasteiger partial charge in [-0.3, -0.25) is 0 Å². The van der Waals surface area contributed by atoms with Crippen molar-refractivity contribution in [3.63, 3.8) is 0 Å². The van der Waals surface area contributed by atoms with Gasteiger partial charge in [-0.05, 0) is 78.7 Å². The number of benzene rings is 4. The van der Waals surface area contributed by atoms with Crippen LogP contribution in [0.4, 0.5) is 24.5 Å². The summed E-state index contributed by atoms with van der Waals surface area (Å²) < 4.78 is 51.1. The minimum absolute atomic E-state index is 0.281. The molecule has 6 rings (SSSR count). The lowest BCUT2D eigenvalue weighted by molar-refractivity contribution is -0.137. The van der Waals surface area contributed by atoms with Crippen LogP contribution in [0.5, 0.6) is 11.5 Å². The van der Waals surface area contributed by atoms with Crippen LogP contribution in [0.15, 0.2) is 84.9 Å². The normalized spacial score (nSPS) is 15.2. The summed E-state index contributed by atoms with van der Waals surface area (Å²) in [5.41, 5.74) is 6.56. The third kappa shape index (κ3) is 4.96. The molecular formula is C33H31F3N2O2. The molecule has 4 nitrogen and oxygen atoms in total. The van der Waals surface area contributed by atoms with E-state index in [2.05, 4.69) is 80.3 Å². The summed E-state index contributed by atoms with van der Waals surface area (Å²) in [6, 6.07) is 26.4. The molecule has 0 fully saturated rings. The van der Waals surface area contributed by atoms with Crippen molar-refractivity contribution in [1.82, 2.24) is 0 Å². The summed E-state index contributed by atoms with van der Waals surface area (Å²) in [7, 11) is 0. The predicted molar refractivity (Wildman–Crippen MR) is 151 cm³/mol. The molecule has 0 saturated heterocycles. The molecule has 7 heteroatoms. The summed E-state index contributed by atoms with van der Waals surface area (Å²) in [6.45, 7) is 8.60. The maximum Gasteiger partial charge on any atom is 0.416 e. The summed E-state index contributed by atoms with van der Waals surface area (Å²) in [4.78, 5) is 4.17. The second-order valence-corrected chi connectivity index (χ2v) is 11.1. The standard InChI is InChI=1S/C33H31F3N2O2/c1-22-4-10-28(11-5-22)37-18-23-16-26(8-14-30(23)39-20-37)32(2,3)27-9-15-31-24(17-27)19-38(21-40-31)29-12-6-25(7-13-29)33(34,35)36/h4-17H,18-21H2,1-3H3. The van der Waals surface area contributed by atoms with Gasteiger partial charge in [0.05, 0.1) is 5.56 Å². The molecule has 4 aromatic rings. The monoisotopic (exact) mass is 544 g/mol. The van der Waals surface area contributed by atoms with E-state index in [0.717, 1.165) is 52.6 Å². The van der Waals surface area contributed by atoms with E-state index in [1.54, 1.807) is 0 Å². The SMILES string of the molecule is Cc1ccc(N2COc3ccc(C(C)(C)c4ccc5c(c4)CN(c4ccc(C(F)(F)F)cc4)CO5)cc3C2)cc1. The maximum absolute atomic E-state index is 13.0. The van der Waals surface area contributed by atoms with E-state index in [4.69, 9.17) is 9.47 Å². The lowest BCUT2D eigenvalue weighted by Gasteiger charge is -2.34. The molecule has 0 amide bonds. The molecule has 0 radical (unpaired) electrons. The average Bonchev–Trinajstić information content (AvgIpc) is 2.96. The summed E-state index contributed by atoms with van der Waals surface area (Å²) in [6.07, 6.45) is -4.36. The van der Waals surface area contributed by atoms with Gasteiger partial charge in [0, 0.05) is 41.0 Å². The Morgan fingerprint density at radius 2 is 1.02 bits per heavy atom. The second-order valence-electron chi connectivity index (χ2n) is 11.1. The molecule has 0 unspecified atom stereocenters. The highest BCUT2D eigenvalue weighted by atomic mass is 19.4. The Balaban J connectivity index is 1.24. The number of anilines is 2. The van der Waals surface area contributed by atoms with Crippen molar-refractivity contribution in [3.8, 4) is 11.5 Å². The number of nitrogens with zero attached hydrogens (tertiary/aromatic N) is 2. The van der Waals surface area contributed by atoms with E-state index in [1.165, 1.54) is 23.3 Å². The van der Waals surface area contributed by atoms with E-state index in [1.807, 2.05) is 11.0 Å². The molecule has 0 N–H and O–H groups in total. The first-order valence-electron chi connectivity index (χ1n) is 13.3. The lowest BCUT2D eigenvalue weighted by atomic mass is 9.77. The molecule has 0 aliphatic carbocycles. The van der Waals surface area contributed by atoms with E-state index in [-0.39, 0.29) is 12.1 Å². The largest absolute Gasteiger partial charge is 0.473 e. The highest BCUT2D eigenvalue weighted by Crippen LogP contribution is 2.39. The van der Waals surface area contributed by atoms with E-state index in [0.29, 0.717) is 19.0 Å². The Kier molecular flexibility index (Phi) is 6.40. The Bertz CT molecular complexity index is 1530. The van der Waals surface area contributed by atoms with Crippen LogP contribution >= 0.6 is 0 Å². The number of alkyl halides is 3. The second kappa shape index (κ2) is 9.81. The van der Waals surface area contributed by atoms with Crippen LogP contribution < -0.4 is 19.3 Å². The van der Waals surface area contributed by atoms with Crippen LogP contribution in [-0.2, 0) is 24.7 Å². The number of aryl methyl sites for hydroxylation is 1. The Hall–Kier alpha value is -4.13. The number of hydrogen-bond donors (Lipinski definition) is 0. The van der Waals surface area contributed by atoms with Gasteiger partial charge >= 0.3 is 6.18 Å². The Labute approximate surface area is 232 Å². The summed E-state index contributed by atoms with van der Waals surface area (Å²) in [5, 5.41) is 0. The molecule has 40 heavy (non-hydrogen) atoms. The Morgan fingerprint density at radius 1 is 0.600 bits per heavy atom. The molecular weight excluding hydrogens is 513 g/mol. The number of fused-ring (bicyclic) bond motifs is 2. The minimum Gasteiger partial charge on any atom is -0.473 e. The zero-order valence-corrected chi connectivity index (χ0v) is 22.8. The van der Waals surface area contributed by atoms with Gasteiger partial charge in [0.25, 0.3) is 0 Å². The van der Waals surface area contributed by atoms with Crippen LogP contribution in [0, 0.1) is 6.92 Å². The van der Waals surface area contributed by atoms with Gasteiger partial charge in [0.1, 0.15) is 11.5 Å². The van der Waals surface area contributed by atoms with Crippen LogP contribution in [-0.4, -0.2) is 13.5 Å². The average molecular weight is 545 g/mol. The zero-order valence-electron chi connectivity index (χ0n) is 22.8. The first-order chi connectivity index (χ1) is 19.1. The van der Waals surface area contributed by atoms with Gasteiger partial charge in [0.2, 0.25) is 0 Å². The fraction of sp³-hybridized carbons (Fsp3) is 0.273. The fourth-order valence-corrected chi connectivity index (χ4v) is 5.38. The molecule has 2 aliphatic rings. The molecule has 0 saturated carbocycles. The van der Waals surface area contributed by atoms with Crippen LogP contribution in [0.25, 0.3) is 0 Å². The van der Waals surface area contributed by atoms with Gasteiger partial charge in [-0.25, -0.2) is 0 Å². The molecule has 4 aromatic carbocycles. The summed E-state index contributed by atoms with van der Waals surface area (Å²) >= 11 is 0. The molecule has 0 spiro atoms. The Morgan fingerprint density at radius 3 is 1.48 bits per heavy atom. The number of hydrogen-bond acceptors (Lipinski definition) is 4. The van der Waals surface area contributed by atoms with E-state index < -0.39 is 11.7 Å². The highest BCUT2D eigenvalue weighted by Gasteiger charge is 2.31. The van der Waals surface area contributed by atoms with Crippen molar-refractivity contribution in [1.29, 1.82) is 0 Å². The van der Waals surface area contributed by atoms with Crippen molar-refractivity contribution in [2.24, 2.45) is 0 Å². The van der Waals surface area contributed by atoms with Crippen LogP contribution in [0.3, 0.4) is 0 Å².